The largest absolute Gasteiger partial charge is 0.507 e. The Hall–Kier alpha value is -2.87. The molecule has 3 aromatic rings. The van der Waals surface area contributed by atoms with Crippen LogP contribution in [0.3, 0.4) is 0 Å². The van der Waals surface area contributed by atoms with Gasteiger partial charge in [0.05, 0.1) is 26.7 Å². The lowest BCUT2D eigenvalue weighted by Crippen LogP contribution is -2.45. The Bertz CT molecular complexity index is 1820. The number of phenols is 1. The Morgan fingerprint density at radius 3 is 1.98 bits per heavy atom. The minimum atomic E-state index is -4.01. The molecule has 0 spiro atoms. The molecule has 0 aromatic heterocycles. The van der Waals surface area contributed by atoms with Gasteiger partial charge in [-0.2, -0.15) is 9.79 Å². The molecule has 3 aliphatic rings. The number of sulfonamides is 1. The number of halogens is 1. The van der Waals surface area contributed by atoms with E-state index in [1.807, 2.05) is 0 Å². The number of fused-ring (bicyclic) bond motifs is 3. The van der Waals surface area contributed by atoms with Crippen LogP contribution < -0.4 is 5.48 Å². The Morgan fingerprint density at radius 1 is 0.841 bits per heavy atom. The summed E-state index contributed by atoms with van der Waals surface area (Å²) in [7, 11) is -7.61. The SMILES string of the molecule is CC1(C)CCC(S(=O)(=O)c2ccc3c(c2)C(NO)c2cc(S(=O)(=O)N4CCC(O)(c5ccc(F)cc5O)CC4)ccc2-3)CC1. The molecule has 1 saturated carbocycles. The molecular formula is C32H37FN2O7S2. The van der Waals surface area contributed by atoms with Gasteiger partial charge in [0.25, 0.3) is 0 Å². The summed E-state index contributed by atoms with van der Waals surface area (Å²) in [5, 5.41) is 31.1. The van der Waals surface area contributed by atoms with Gasteiger partial charge < -0.3 is 15.4 Å². The van der Waals surface area contributed by atoms with Gasteiger partial charge >= 0.3 is 0 Å². The van der Waals surface area contributed by atoms with Gasteiger partial charge in [0, 0.05) is 24.7 Å². The first-order valence-corrected chi connectivity index (χ1v) is 17.8. The quantitative estimate of drug-likeness (QED) is 0.275. The Balaban J connectivity index is 1.25. The maximum Gasteiger partial charge on any atom is 0.243 e. The van der Waals surface area contributed by atoms with E-state index in [9.17, 15) is 36.6 Å². The number of hydrogen-bond donors (Lipinski definition) is 4. The van der Waals surface area contributed by atoms with Crippen molar-refractivity contribution in [2.75, 3.05) is 13.1 Å². The maximum absolute atomic E-state index is 13.7. The molecule has 236 valence electrons. The van der Waals surface area contributed by atoms with Crippen LogP contribution in [0.2, 0.25) is 0 Å². The zero-order valence-electron chi connectivity index (χ0n) is 24.6. The molecule has 2 fully saturated rings. The van der Waals surface area contributed by atoms with E-state index < -0.39 is 42.6 Å². The van der Waals surface area contributed by atoms with Gasteiger partial charge in [-0.15, -0.1) is 0 Å². The van der Waals surface area contributed by atoms with Gasteiger partial charge in [0.1, 0.15) is 11.6 Å². The number of hydroxylamine groups is 1. The summed E-state index contributed by atoms with van der Waals surface area (Å²) in [6.07, 6.45) is 2.84. The van der Waals surface area contributed by atoms with Crippen molar-refractivity contribution in [3.63, 3.8) is 0 Å². The van der Waals surface area contributed by atoms with Crippen molar-refractivity contribution in [1.82, 2.24) is 9.79 Å². The van der Waals surface area contributed by atoms with Crippen molar-refractivity contribution in [2.45, 2.75) is 79.1 Å². The van der Waals surface area contributed by atoms with Crippen LogP contribution in [0.4, 0.5) is 4.39 Å². The molecule has 1 unspecified atom stereocenters. The van der Waals surface area contributed by atoms with Gasteiger partial charge in [0.15, 0.2) is 9.84 Å². The van der Waals surface area contributed by atoms with Crippen LogP contribution in [0.25, 0.3) is 11.1 Å². The number of piperidine rings is 1. The normalized spacial score (nSPS) is 22.0. The van der Waals surface area contributed by atoms with Crippen LogP contribution >= 0.6 is 0 Å². The van der Waals surface area contributed by atoms with Crippen LogP contribution in [-0.2, 0) is 25.5 Å². The number of rotatable bonds is 6. The van der Waals surface area contributed by atoms with E-state index >= 15 is 0 Å². The lowest BCUT2D eigenvalue weighted by Gasteiger charge is -2.38. The van der Waals surface area contributed by atoms with Crippen LogP contribution in [0.5, 0.6) is 5.75 Å². The summed E-state index contributed by atoms with van der Waals surface area (Å²) < 4.78 is 69.3. The molecular weight excluding hydrogens is 607 g/mol. The predicted octanol–water partition coefficient (Wildman–Crippen LogP) is 4.99. The van der Waals surface area contributed by atoms with Gasteiger partial charge in [-0.3, -0.25) is 0 Å². The molecule has 2 aliphatic carbocycles. The van der Waals surface area contributed by atoms with Gasteiger partial charge in [-0.1, -0.05) is 26.0 Å². The number of nitrogens with one attached hydrogen (secondary N) is 1. The van der Waals surface area contributed by atoms with Crippen molar-refractivity contribution in [1.29, 1.82) is 0 Å². The molecule has 3 aromatic carbocycles. The minimum absolute atomic E-state index is 0.00162. The topological polar surface area (TPSA) is 144 Å². The molecule has 4 N–H and O–H groups in total. The molecule has 9 nitrogen and oxygen atoms in total. The van der Waals surface area contributed by atoms with E-state index in [0.717, 1.165) is 25.0 Å². The zero-order valence-corrected chi connectivity index (χ0v) is 26.3. The average Bonchev–Trinajstić information content (AvgIpc) is 3.29. The predicted molar refractivity (Wildman–Crippen MR) is 162 cm³/mol. The van der Waals surface area contributed by atoms with E-state index in [4.69, 9.17) is 0 Å². The average molecular weight is 645 g/mol. The molecule has 12 heteroatoms. The highest BCUT2D eigenvalue weighted by molar-refractivity contribution is 7.92. The molecule has 0 amide bonds. The third-order valence-electron chi connectivity index (χ3n) is 9.79. The van der Waals surface area contributed by atoms with E-state index in [2.05, 4.69) is 19.3 Å². The van der Waals surface area contributed by atoms with Gasteiger partial charge in [0.2, 0.25) is 10.0 Å². The minimum Gasteiger partial charge on any atom is -0.507 e. The molecule has 1 heterocycles. The molecule has 0 bridgehead atoms. The fraction of sp³-hybridized carbons (Fsp3) is 0.438. The number of benzene rings is 3. The van der Waals surface area contributed by atoms with Gasteiger partial charge in [-0.25, -0.2) is 21.2 Å². The molecule has 0 radical (unpaired) electrons. The molecule has 1 aliphatic heterocycles. The fourth-order valence-corrected chi connectivity index (χ4v) is 10.3. The highest BCUT2D eigenvalue weighted by Crippen LogP contribution is 2.47. The van der Waals surface area contributed by atoms with E-state index in [1.165, 1.54) is 22.5 Å². The summed E-state index contributed by atoms with van der Waals surface area (Å²) in [4.78, 5) is 0.187. The third-order valence-corrected chi connectivity index (χ3v) is 13.9. The monoisotopic (exact) mass is 644 g/mol. The van der Waals surface area contributed by atoms with Crippen LogP contribution in [0.15, 0.2) is 64.4 Å². The molecule has 1 atom stereocenters. The third kappa shape index (κ3) is 5.25. The lowest BCUT2D eigenvalue weighted by molar-refractivity contribution is -0.0114. The van der Waals surface area contributed by atoms with E-state index in [-0.39, 0.29) is 52.5 Å². The lowest BCUT2D eigenvalue weighted by atomic mass is 9.77. The molecule has 6 rings (SSSR count). The van der Waals surface area contributed by atoms with Crippen LogP contribution in [0.1, 0.15) is 75.1 Å². The fourth-order valence-electron chi connectivity index (χ4n) is 6.98. The van der Waals surface area contributed by atoms with E-state index in [1.54, 1.807) is 24.3 Å². The van der Waals surface area contributed by atoms with Crippen LogP contribution in [-0.4, -0.2) is 54.9 Å². The second-order valence-electron chi connectivity index (χ2n) is 13.1. The number of aromatic hydroxyl groups is 1. The Morgan fingerprint density at radius 2 is 1.41 bits per heavy atom. The summed E-state index contributed by atoms with van der Waals surface area (Å²) >= 11 is 0. The first-order chi connectivity index (χ1) is 20.7. The number of sulfone groups is 1. The van der Waals surface area contributed by atoms with Crippen molar-refractivity contribution < 1.29 is 36.6 Å². The second kappa shape index (κ2) is 10.9. The van der Waals surface area contributed by atoms with Crippen molar-refractivity contribution in [2.24, 2.45) is 5.41 Å². The highest BCUT2D eigenvalue weighted by Gasteiger charge is 2.41. The van der Waals surface area contributed by atoms with Crippen molar-refractivity contribution in [3.05, 3.63) is 77.1 Å². The zero-order chi connectivity index (χ0) is 31.7. The maximum atomic E-state index is 13.7. The first-order valence-electron chi connectivity index (χ1n) is 14.8. The number of nitrogens with zero attached hydrogens (tertiary/aromatic N) is 1. The highest BCUT2D eigenvalue weighted by atomic mass is 32.2. The summed E-state index contributed by atoms with van der Waals surface area (Å²) in [6, 6.07) is 12.1. The number of aliphatic hydroxyl groups is 1. The number of hydrogen-bond acceptors (Lipinski definition) is 8. The Labute approximate surface area is 257 Å². The summed E-state index contributed by atoms with van der Waals surface area (Å²) in [5.41, 5.74) is 3.47. The first kappa shape index (κ1) is 31.1. The Kier molecular flexibility index (Phi) is 7.70. The van der Waals surface area contributed by atoms with Gasteiger partial charge in [-0.05, 0) is 103 Å². The standard InChI is InChI=1S/C32H37FN2O7S2/c1-31(2)11-9-21(10-12-31)43(39,40)22-4-6-24-25-7-5-23(19-27(25)30(34-38)26(24)18-22)44(41,42)35-15-13-32(37,14-16-35)28-8-3-20(33)17-29(28)36/h3-8,17-19,21,30,34,36-38H,9-16H2,1-2H3. The molecule has 1 saturated heterocycles. The summed E-state index contributed by atoms with van der Waals surface area (Å²) in [5.74, 6) is -1.03. The van der Waals surface area contributed by atoms with Crippen molar-refractivity contribution >= 4 is 19.9 Å². The smallest absolute Gasteiger partial charge is 0.243 e. The van der Waals surface area contributed by atoms with E-state index in [0.29, 0.717) is 35.1 Å². The number of phenolic OH excluding ortho intramolecular Hbond substituents is 1. The molecule has 44 heavy (non-hydrogen) atoms. The van der Waals surface area contributed by atoms with Crippen LogP contribution in [0, 0.1) is 11.2 Å². The second-order valence-corrected chi connectivity index (χ2v) is 17.2. The van der Waals surface area contributed by atoms with Crippen molar-refractivity contribution in [3.8, 4) is 16.9 Å². The summed E-state index contributed by atoms with van der Waals surface area (Å²) in [6.45, 7) is 4.24.